The number of aromatic amines is 1. The fourth-order valence-corrected chi connectivity index (χ4v) is 3.85. The molecule has 0 amide bonds. The fourth-order valence-electron chi connectivity index (χ4n) is 3.33. The number of carboxylic acid groups (broad SMARTS) is 1. The number of hydrogen-bond donors (Lipinski definition) is 3. The Morgan fingerprint density at radius 3 is 2.80 bits per heavy atom. The van der Waals surface area contributed by atoms with Crippen LogP contribution in [0.1, 0.15) is 6.92 Å². The predicted octanol–water partition coefficient (Wildman–Crippen LogP) is 4.26. The van der Waals surface area contributed by atoms with E-state index in [1.54, 1.807) is 7.11 Å². The minimum absolute atomic E-state index is 0.0920. The zero-order valence-electron chi connectivity index (χ0n) is 16.5. The third kappa shape index (κ3) is 4.17. The Balaban J connectivity index is 1.72. The van der Waals surface area contributed by atoms with Crippen molar-refractivity contribution in [2.45, 2.75) is 18.6 Å². The van der Waals surface area contributed by atoms with E-state index in [1.807, 2.05) is 18.2 Å². The van der Waals surface area contributed by atoms with Gasteiger partial charge in [-0.3, -0.25) is 20.2 Å². The summed E-state index contributed by atoms with van der Waals surface area (Å²) in [6.45, 7) is 3.05. The summed E-state index contributed by atoms with van der Waals surface area (Å²) in [6, 6.07) is 14.4. The molecule has 0 atom stereocenters. The SMILES string of the molecule is CCn1ccc2cc(-c3cc(NOC)cc(-c4nc(SCC(=O)O)n[nH]4)c3)ccc21. The molecule has 9 heteroatoms. The number of nitrogens with zero attached hydrogens (tertiary/aromatic N) is 3. The van der Waals surface area contributed by atoms with Crippen LogP contribution in [0.4, 0.5) is 5.69 Å². The van der Waals surface area contributed by atoms with E-state index in [9.17, 15) is 4.79 Å². The zero-order chi connectivity index (χ0) is 21.1. The second-order valence-corrected chi connectivity index (χ2v) is 7.57. The number of aromatic nitrogens is 4. The van der Waals surface area contributed by atoms with Gasteiger partial charge in [-0.15, -0.1) is 5.10 Å². The van der Waals surface area contributed by atoms with Gasteiger partial charge in [-0.25, -0.2) is 4.98 Å². The standard InChI is InChI=1S/C21H21N5O3S/c1-3-26-7-6-14-8-13(4-5-18(14)26)15-9-16(11-17(10-15)25-29-2)20-22-21(24-23-20)30-12-19(27)28/h4-11,25H,3,12H2,1-2H3,(H,27,28)(H,22,23,24). The molecule has 0 unspecified atom stereocenters. The van der Waals surface area contributed by atoms with Gasteiger partial charge in [-0.2, -0.15) is 0 Å². The molecule has 2 aromatic carbocycles. The molecule has 4 rings (SSSR count). The van der Waals surface area contributed by atoms with Crippen LogP contribution in [0.25, 0.3) is 33.4 Å². The molecule has 0 saturated heterocycles. The lowest BCUT2D eigenvalue weighted by molar-refractivity contribution is -0.133. The first-order chi connectivity index (χ1) is 14.6. The predicted molar refractivity (Wildman–Crippen MR) is 117 cm³/mol. The van der Waals surface area contributed by atoms with Crippen molar-refractivity contribution in [2.24, 2.45) is 0 Å². The van der Waals surface area contributed by atoms with Crippen molar-refractivity contribution in [1.82, 2.24) is 19.7 Å². The smallest absolute Gasteiger partial charge is 0.313 e. The van der Waals surface area contributed by atoms with Crippen molar-refractivity contribution >= 4 is 34.3 Å². The van der Waals surface area contributed by atoms with Crippen LogP contribution in [0.15, 0.2) is 53.8 Å². The van der Waals surface area contributed by atoms with E-state index in [0.29, 0.717) is 11.0 Å². The Bertz CT molecular complexity index is 1200. The summed E-state index contributed by atoms with van der Waals surface area (Å²) < 4.78 is 2.21. The topological polar surface area (TPSA) is 105 Å². The van der Waals surface area contributed by atoms with Crippen molar-refractivity contribution < 1.29 is 14.7 Å². The molecule has 0 saturated carbocycles. The maximum Gasteiger partial charge on any atom is 0.313 e. The summed E-state index contributed by atoms with van der Waals surface area (Å²) in [5.74, 6) is -0.444. The summed E-state index contributed by atoms with van der Waals surface area (Å²) in [5, 5.41) is 17.4. The first-order valence-electron chi connectivity index (χ1n) is 9.38. The summed E-state index contributed by atoms with van der Waals surface area (Å²) in [6.07, 6.45) is 2.09. The largest absolute Gasteiger partial charge is 0.481 e. The van der Waals surface area contributed by atoms with Gasteiger partial charge in [0.15, 0.2) is 5.82 Å². The number of benzene rings is 2. The summed E-state index contributed by atoms with van der Waals surface area (Å²) >= 11 is 1.07. The second-order valence-electron chi connectivity index (χ2n) is 6.63. The molecule has 0 aliphatic carbocycles. The average molecular weight is 423 g/mol. The number of aryl methyl sites for hydroxylation is 1. The van der Waals surface area contributed by atoms with E-state index >= 15 is 0 Å². The summed E-state index contributed by atoms with van der Waals surface area (Å²) in [5.41, 5.74) is 7.72. The quantitative estimate of drug-likeness (QED) is 0.287. The molecule has 0 fully saturated rings. The highest BCUT2D eigenvalue weighted by molar-refractivity contribution is 7.99. The third-order valence-electron chi connectivity index (χ3n) is 4.66. The lowest BCUT2D eigenvalue weighted by atomic mass is 10.0. The monoisotopic (exact) mass is 423 g/mol. The van der Waals surface area contributed by atoms with Crippen LogP contribution < -0.4 is 5.48 Å². The van der Waals surface area contributed by atoms with Crippen molar-refractivity contribution in [3.8, 4) is 22.5 Å². The van der Waals surface area contributed by atoms with Gasteiger partial charge in [0, 0.05) is 29.2 Å². The number of nitrogens with one attached hydrogen (secondary N) is 2. The first kappa shape index (κ1) is 20.0. The molecule has 0 radical (unpaired) electrons. The van der Waals surface area contributed by atoms with Crippen LogP contribution in [-0.2, 0) is 16.2 Å². The summed E-state index contributed by atoms with van der Waals surface area (Å²) in [7, 11) is 1.56. The number of hydrogen-bond acceptors (Lipinski definition) is 6. The molecule has 3 N–H and O–H groups in total. The number of anilines is 1. The highest BCUT2D eigenvalue weighted by atomic mass is 32.2. The molecule has 0 aliphatic heterocycles. The first-order valence-corrected chi connectivity index (χ1v) is 10.4. The van der Waals surface area contributed by atoms with Gasteiger partial charge in [-0.05, 0) is 54.4 Å². The van der Waals surface area contributed by atoms with Gasteiger partial charge < -0.3 is 9.67 Å². The number of rotatable bonds is 8. The normalized spacial score (nSPS) is 11.1. The average Bonchev–Trinajstić information content (AvgIpc) is 3.38. The Kier molecular flexibility index (Phi) is 5.73. The van der Waals surface area contributed by atoms with Crippen molar-refractivity contribution in [3.05, 3.63) is 48.7 Å². The second kappa shape index (κ2) is 8.60. The van der Waals surface area contributed by atoms with Gasteiger partial charge >= 0.3 is 5.97 Å². The highest BCUT2D eigenvalue weighted by Crippen LogP contribution is 2.31. The van der Waals surface area contributed by atoms with Crippen LogP contribution in [0, 0.1) is 0 Å². The number of fused-ring (bicyclic) bond motifs is 1. The maximum atomic E-state index is 10.8. The molecule has 8 nitrogen and oxygen atoms in total. The highest BCUT2D eigenvalue weighted by Gasteiger charge is 2.12. The van der Waals surface area contributed by atoms with Crippen molar-refractivity contribution in [3.63, 3.8) is 0 Å². The van der Waals surface area contributed by atoms with E-state index in [-0.39, 0.29) is 5.75 Å². The van der Waals surface area contributed by atoms with Gasteiger partial charge in [-0.1, -0.05) is 17.8 Å². The van der Waals surface area contributed by atoms with Crippen LogP contribution >= 0.6 is 11.8 Å². The van der Waals surface area contributed by atoms with E-state index in [2.05, 4.69) is 62.6 Å². The van der Waals surface area contributed by atoms with Gasteiger partial charge in [0.1, 0.15) is 0 Å². The van der Waals surface area contributed by atoms with Crippen LogP contribution in [0.3, 0.4) is 0 Å². The number of H-pyrrole nitrogens is 1. The fraction of sp³-hybridized carbons (Fsp3) is 0.190. The lowest BCUT2D eigenvalue weighted by Gasteiger charge is -2.10. The van der Waals surface area contributed by atoms with E-state index in [4.69, 9.17) is 9.94 Å². The molecular formula is C21H21N5O3S. The maximum absolute atomic E-state index is 10.8. The van der Waals surface area contributed by atoms with Gasteiger partial charge in [0.25, 0.3) is 0 Å². The van der Waals surface area contributed by atoms with Crippen LogP contribution in [0.5, 0.6) is 0 Å². The number of thioether (sulfide) groups is 1. The van der Waals surface area contributed by atoms with Crippen molar-refractivity contribution in [1.29, 1.82) is 0 Å². The van der Waals surface area contributed by atoms with Crippen LogP contribution in [0.2, 0.25) is 0 Å². The molecule has 154 valence electrons. The zero-order valence-corrected chi connectivity index (χ0v) is 17.4. The van der Waals surface area contributed by atoms with Gasteiger partial charge in [0.2, 0.25) is 5.16 Å². The number of carboxylic acids is 1. The molecular weight excluding hydrogens is 402 g/mol. The minimum atomic E-state index is -0.910. The Morgan fingerprint density at radius 1 is 1.20 bits per heavy atom. The molecule has 0 spiro atoms. The lowest BCUT2D eigenvalue weighted by Crippen LogP contribution is -1.98. The van der Waals surface area contributed by atoms with E-state index in [0.717, 1.165) is 40.7 Å². The molecule has 4 aromatic rings. The Morgan fingerprint density at radius 2 is 2.03 bits per heavy atom. The Hall–Kier alpha value is -3.30. The van der Waals surface area contributed by atoms with Crippen molar-refractivity contribution in [2.75, 3.05) is 18.3 Å². The molecule has 0 bridgehead atoms. The van der Waals surface area contributed by atoms with Gasteiger partial charge in [0.05, 0.1) is 18.6 Å². The Labute approximate surface area is 177 Å². The number of aliphatic carboxylic acids is 1. The molecule has 30 heavy (non-hydrogen) atoms. The third-order valence-corrected chi connectivity index (χ3v) is 5.49. The molecule has 0 aliphatic rings. The number of carbonyl (C=O) groups is 1. The van der Waals surface area contributed by atoms with E-state index in [1.165, 1.54) is 10.9 Å². The minimum Gasteiger partial charge on any atom is -0.481 e. The van der Waals surface area contributed by atoms with Crippen LogP contribution in [-0.4, -0.2) is 43.7 Å². The summed E-state index contributed by atoms with van der Waals surface area (Å²) in [4.78, 5) is 20.3. The molecule has 2 aromatic heterocycles. The molecule has 2 heterocycles. The van der Waals surface area contributed by atoms with E-state index < -0.39 is 5.97 Å².